The van der Waals surface area contributed by atoms with Gasteiger partial charge in [0.15, 0.2) is 6.29 Å². The average Bonchev–Trinajstić information content (AvgIpc) is 2.64. The first kappa shape index (κ1) is 24.7. The Morgan fingerprint density at radius 1 is 1.11 bits per heavy atom. The second-order valence-electron chi connectivity index (χ2n) is 8.15. The van der Waals surface area contributed by atoms with Gasteiger partial charge in [-0.25, -0.2) is 4.79 Å². The SMILES string of the molecule is CC(C)N(C(=O)O/C=C\[C@H](C)[C@H](O)/C=C/[C@H](C)COC1CCCCO1)C(C)C. The molecule has 1 amide bonds. The third-order valence-corrected chi connectivity index (χ3v) is 4.73. The van der Waals surface area contributed by atoms with Crippen LogP contribution in [0.1, 0.15) is 60.8 Å². The Bertz CT molecular complexity index is 489. The molecule has 0 bridgehead atoms. The summed E-state index contributed by atoms with van der Waals surface area (Å²) < 4.78 is 16.5. The van der Waals surface area contributed by atoms with Crippen LogP contribution in [0.4, 0.5) is 4.79 Å². The molecule has 1 aliphatic heterocycles. The lowest BCUT2D eigenvalue weighted by atomic mass is 10.0. The summed E-state index contributed by atoms with van der Waals surface area (Å²) in [5.74, 6) is 0.00484. The quantitative estimate of drug-likeness (QED) is 0.435. The predicted molar refractivity (Wildman–Crippen MR) is 111 cm³/mol. The van der Waals surface area contributed by atoms with Crippen molar-refractivity contribution in [3.05, 3.63) is 24.5 Å². The molecule has 162 valence electrons. The summed E-state index contributed by atoms with van der Waals surface area (Å²) in [6.07, 6.45) is 8.85. The highest BCUT2D eigenvalue weighted by Gasteiger charge is 2.21. The van der Waals surface area contributed by atoms with Gasteiger partial charge in [-0.05, 0) is 59.0 Å². The molecule has 1 fully saturated rings. The van der Waals surface area contributed by atoms with Crippen LogP contribution in [0.5, 0.6) is 0 Å². The molecule has 1 unspecified atom stereocenters. The van der Waals surface area contributed by atoms with Crippen LogP contribution in [-0.2, 0) is 14.2 Å². The van der Waals surface area contributed by atoms with E-state index >= 15 is 0 Å². The highest BCUT2D eigenvalue weighted by molar-refractivity contribution is 5.68. The van der Waals surface area contributed by atoms with Crippen LogP contribution in [0.3, 0.4) is 0 Å². The van der Waals surface area contributed by atoms with E-state index in [0.717, 1.165) is 25.9 Å². The largest absolute Gasteiger partial charge is 0.418 e. The third kappa shape index (κ3) is 9.22. The summed E-state index contributed by atoms with van der Waals surface area (Å²) in [6.45, 7) is 13.1. The molecule has 4 atom stereocenters. The molecule has 0 aromatic heterocycles. The van der Waals surface area contributed by atoms with E-state index < -0.39 is 6.10 Å². The van der Waals surface area contributed by atoms with Crippen LogP contribution in [0.15, 0.2) is 24.5 Å². The Kier molecular flexibility index (Phi) is 11.4. The molecule has 1 saturated heterocycles. The van der Waals surface area contributed by atoms with Crippen molar-refractivity contribution >= 4 is 6.09 Å². The summed E-state index contributed by atoms with van der Waals surface area (Å²) >= 11 is 0. The smallest absolute Gasteiger partial charge is 0.415 e. The summed E-state index contributed by atoms with van der Waals surface area (Å²) in [4.78, 5) is 13.8. The Morgan fingerprint density at radius 3 is 2.36 bits per heavy atom. The van der Waals surface area contributed by atoms with Crippen molar-refractivity contribution in [3.63, 3.8) is 0 Å². The Balaban J connectivity index is 2.37. The van der Waals surface area contributed by atoms with Crippen molar-refractivity contribution < 1.29 is 24.1 Å². The van der Waals surface area contributed by atoms with E-state index in [1.54, 1.807) is 17.1 Å². The number of carbonyl (C=O) groups excluding carboxylic acids is 1. The lowest BCUT2D eigenvalue weighted by Gasteiger charge is -2.29. The first-order valence-corrected chi connectivity index (χ1v) is 10.5. The first-order chi connectivity index (χ1) is 13.2. The van der Waals surface area contributed by atoms with E-state index in [9.17, 15) is 9.90 Å². The highest BCUT2D eigenvalue weighted by atomic mass is 16.7. The second kappa shape index (κ2) is 13.0. The normalized spacial score (nSPS) is 21.4. The van der Waals surface area contributed by atoms with E-state index in [2.05, 4.69) is 0 Å². The fraction of sp³-hybridized carbons (Fsp3) is 0.773. The topological polar surface area (TPSA) is 68.2 Å². The minimum absolute atomic E-state index is 0.0644. The van der Waals surface area contributed by atoms with Gasteiger partial charge in [-0.1, -0.05) is 26.0 Å². The number of aliphatic hydroxyl groups is 1. The van der Waals surface area contributed by atoms with Gasteiger partial charge < -0.3 is 24.2 Å². The second-order valence-corrected chi connectivity index (χ2v) is 8.15. The van der Waals surface area contributed by atoms with Crippen molar-refractivity contribution in [3.8, 4) is 0 Å². The van der Waals surface area contributed by atoms with E-state index in [-0.39, 0.29) is 36.3 Å². The fourth-order valence-corrected chi connectivity index (χ4v) is 3.05. The summed E-state index contributed by atoms with van der Waals surface area (Å²) in [5.41, 5.74) is 0. The van der Waals surface area contributed by atoms with Gasteiger partial charge in [0.1, 0.15) is 0 Å². The zero-order valence-corrected chi connectivity index (χ0v) is 18.3. The molecule has 6 nitrogen and oxygen atoms in total. The standard InChI is InChI=1S/C22H39NO5/c1-16(2)23(17(3)4)22(25)27-14-12-19(6)20(24)11-10-18(5)15-28-21-9-7-8-13-26-21/h10-12,14,16-21,24H,7-9,13,15H2,1-6H3/b11-10+,14-12-/t18-,19-,20+,21?/m0/s1. The van der Waals surface area contributed by atoms with E-state index in [1.807, 2.05) is 47.6 Å². The predicted octanol–water partition coefficient (Wildman–Crippen LogP) is 4.49. The van der Waals surface area contributed by atoms with Crippen LogP contribution < -0.4 is 0 Å². The van der Waals surface area contributed by atoms with Crippen molar-refractivity contribution in [2.75, 3.05) is 13.2 Å². The van der Waals surface area contributed by atoms with Crippen LogP contribution in [0, 0.1) is 11.8 Å². The summed E-state index contributed by atoms with van der Waals surface area (Å²) in [5, 5.41) is 10.3. The molecule has 0 radical (unpaired) electrons. The van der Waals surface area contributed by atoms with Crippen LogP contribution >= 0.6 is 0 Å². The zero-order valence-electron chi connectivity index (χ0n) is 18.3. The molecule has 0 saturated carbocycles. The Morgan fingerprint density at radius 2 is 1.79 bits per heavy atom. The number of rotatable bonds is 10. The molecule has 1 rings (SSSR count). The molecular formula is C22H39NO5. The minimum atomic E-state index is -0.658. The average molecular weight is 398 g/mol. The molecule has 0 aromatic rings. The lowest BCUT2D eigenvalue weighted by molar-refractivity contribution is -0.166. The van der Waals surface area contributed by atoms with Gasteiger partial charge in [-0.3, -0.25) is 0 Å². The molecule has 6 heteroatoms. The minimum Gasteiger partial charge on any atom is -0.418 e. The van der Waals surface area contributed by atoms with Crippen molar-refractivity contribution in [1.29, 1.82) is 0 Å². The highest BCUT2D eigenvalue weighted by Crippen LogP contribution is 2.15. The summed E-state index contributed by atoms with van der Waals surface area (Å²) in [7, 11) is 0. The number of carbonyl (C=O) groups is 1. The number of ether oxygens (including phenoxy) is 3. The van der Waals surface area contributed by atoms with Gasteiger partial charge in [0.05, 0.1) is 19.0 Å². The van der Waals surface area contributed by atoms with Crippen molar-refractivity contribution in [1.82, 2.24) is 4.90 Å². The van der Waals surface area contributed by atoms with E-state index in [4.69, 9.17) is 14.2 Å². The first-order valence-electron chi connectivity index (χ1n) is 10.5. The van der Waals surface area contributed by atoms with E-state index in [0.29, 0.717) is 6.61 Å². The van der Waals surface area contributed by atoms with Gasteiger partial charge in [0.2, 0.25) is 0 Å². The van der Waals surface area contributed by atoms with Gasteiger partial charge in [0.25, 0.3) is 0 Å². The molecule has 1 aliphatic rings. The molecule has 1 N–H and O–H groups in total. The molecule has 0 spiro atoms. The lowest BCUT2D eigenvalue weighted by Crippen LogP contribution is -2.41. The Hall–Kier alpha value is -1.37. The van der Waals surface area contributed by atoms with E-state index in [1.165, 1.54) is 6.26 Å². The molecule has 1 heterocycles. The maximum absolute atomic E-state index is 12.1. The molecule has 28 heavy (non-hydrogen) atoms. The number of nitrogens with zero attached hydrogens (tertiary/aromatic N) is 1. The zero-order chi connectivity index (χ0) is 21.1. The monoisotopic (exact) mass is 397 g/mol. The molecular weight excluding hydrogens is 358 g/mol. The van der Waals surface area contributed by atoms with Crippen LogP contribution in [-0.4, -0.2) is 53.8 Å². The number of hydrogen-bond donors (Lipinski definition) is 1. The Labute approximate surface area is 170 Å². The van der Waals surface area contributed by atoms with Gasteiger partial charge in [-0.15, -0.1) is 0 Å². The van der Waals surface area contributed by atoms with Crippen molar-refractivity contribution in [2.24, 2.45) is 11.8 Å². The number of amides is 1. The molecule has 0 aliphatic carbocycles. The molecule has 0 aromatic carbocycles. The fourth-order valence-electron chi connectivity index (χ4n) is 3.05. The van der Waals surface area contributed by atoms with Gasteiger partial charge >= 0.3 is 6.09 Å². The van der Waals surface area contributed by atoms with Crippen molar-refractivity contribution in [2.45, 2.75) is 85.3 Å². The van der Waals surface area contributed by atoms with Gasteiger partial charge in [-0.2, -0.15) is 0 Å². The number of hydrogen-bond acceptors (Lipinski definition) is 5. The number of aliphatic hydroxyl groups excluding tert-OH is 1. The van der Waals surface area contributed by atoms with Gasteiger partial charge in [0, 0.05) is 24.6 Å². The third-order valence-electron chi connectivity index (χ3n) is 4.73. The maximum Gasteiger partial charge on any atom is 0.415 e. The van der Waals surface area contributed by atoms with Crippen LogP contribution in [0.2, 0.25) is 0 Å². The maximum atomic E-state index is 12.1. The summed E-state index contributed by atoms with van der Waals surface area (Å²) in [6, 6.07) is 0.129. The van der Waals surface area contributed by atoms with Crippen LogP contribution in [0.25, 0.3) is 0 Å².